The van der Waals surface area contributed by atoms with E-state index in [2.05, 4.69) is 17.4 Å². The van der Waals surface area contributed by atoms with Crippen LogP contribution in [0.25, 0.3) is 0 Å². The van der Waals surface area contributed by atoms with Crippen molar-refractivity contribution >= 4 is 5.97 Å². The molecule has 1 aliphatic carbocycles. The molecule has 0 saturated heterocycles. The van der Waals surface area contributed by atoms with Gasteiger partial charge in [-0.3, -0.25) is 4.79 Å². The lowest BCUT2D eigenvalue weighted by molar-refractivity contribution is -0.143. The van der Waals surface area contributed by atoms with Gasteiger partial charge in [0.15, 0.2) is 0 Å². The summed E-state index contributed by atoms with van der Waals surface area (Å²) in [5.41, 5.74) is 1.20. The molecule has 0 bridgehead atoms. The number of hydrogen-bond acceptors (Lipinski definition) is 3. The largest absolute Gasteiger partial charge is 0.468 e. The molecular weight excluding hydrogens is 262 g/mol. The van der Waals surface area contributed by atoms with E-state index in [9.17, 15) is 4.79 Å². The molecule has 1 aromatic carbocycles. The summed E-state index contributed by atoms with van der Waals surface area (Å²) in [6.45, 7) is 0.716. The van der Waals surface area contributed by atoms with E-state index in [1.165, 1.54) is 51.2 Å². The molecule has 0 spiro atoms. The van der Waals surface area contributed by atoms with Crippen LogP contribution in [0.3, 0.4) is 0 Å². The molecule has 1 saturated carbocycles. The number of nitrogens with one attached hydrogen (secondary N) is 1. The first-order valence-electron chi connectivity index (χ1n) is 8.14. The molecule has 0 aliphatic heterocycles. The van der Waals surface area contributed by atoms with E-state index >= 15 is 0 Å². The van der Waals surface area contributed by atoms with Gasteiger partial charge in [0.2, 0.25) is 0 Å². The van der Waals surface area contributed by atoms with Gasteiger partial charge in [-0.2, -0.15) is 0 Å². The molecule has 1 aromatic rings. The van der Waals surface area contributed by atoms with Gasteiger partial charge in [0.25, 0.3) is 0 Å². The van der Waals surface area contributed by atoms with Crippen molar-refractivity contribution in [1.82, 2.24) is 5.32 Å². The lowest BCUT2D eigenvalue weighted by Crippen LogP contribution is -2.38. The fourth-order valence-electron chi connectivity index (χ4n) is 3.18. The molecule has 21 heavy (non-hydrogen) atoms. The molecule has 1 N–H and O–H groups in total. The van der Waals surface area contributed by atoms with Gasteiger partial charge in [0, 0.05) is 6.54 Å². The molecule has 1 atom stereocenters. The van der Waals surface area contributed by atoms with Crippen LogP contribution in [-0.4, -0.2) is 19.1 Å². The van der Waals surface area contributed by atoms with Gasteiger partial charge in [-0.05, 0) is 17.9 Å². The Bertz CT molecular complexity index is 410. The molecule has 116 valence electrons. The van der Waals surface area contributed by atoms with Crippen LogP contribution >= 0.6 is 0 Å². The van der Waals surface area contributed by atoms with Crippen LogP contribution in [0.2, 0.25) is 0 Å². The maximum absolute atomic E-state index is 12.0. The van der Waals surface area contributed by atoms with Crippen molar-refractivity contribution in [2.24, 2.45) is 5.92 Å². The van der Waals surface area contributed by atoms with E-state index in [4.69, 9.17) is 4.74 Å². The van der Waals surface area contributed by atoms with Gasteiger partial charge in [0.1, 0.15) is 6.04 Å². The van der Waals surface area contributed by atoms with Crippen molar-refractivity contribution in [3.8, 4) is 0 Å². The Morgan fingerprint density at radius 2 is 1.86 bits per heavy atom. The van der Waals surface area contributed by atoms with Crippen LogP contribution in [0.5, 0.6) is 0 Å². The quantitative estimate of drug-likeness (QED) is 0.641. The fourth-order valence-corrected chi connectivity index (χ4v) is 3.18. The molecule has 1 unspecified atom stereocenters. The SMILES string of the molecule is COC(=O)C(CC1CCCCCC1)NCc1ccccc1. The highest BCUT2D eigenvalue weighted by molar-refractivity contribution is 5.75. The number of methoxy groups -OCH3 is 1. The summed E-state index contributed by atoms with van der Waals surface area (Å²) in [7, 11) is 1.48. The van der Waals surface area contributed by atoms with Crippen molar-refractivity contribution in [3.63, 3.8) is 0 Å². The molecule has 3 nitrogen and oxygen atoms in total. The van der Waals surface area contributed by atoms with Crippen molar-refractivity contribution in [2.75, 3.05) is 7.11 Å². The van der Waals surface area contributed by atoms with Crippen LogP contribution in [0, 0.1) is 5.92 Å². The highest BCUT2D eigenvalue weighted by Crippen LogP contribution is 2.26. The molecule has 3 heteroatoms. The second-order valence-electron chi connectivity index (χ2n) is 6.04. The summed E-state index contributed by atoms with van der Waals surface area (Å²) in [6.07, 6.45) is 8.70. The Kier molecular flexibility index (Phi) is 6.74. The van der Waals surface area contributed by atoms with Crippen LogP contribution in [0.4, 0.5) is 0 Å². The number of ether oxygens (including phenoxy) is 1. The maximum atomic E-state index is 12.0. The first-order chi connectivity index (χ1) is 10.3. The summed E-state index contributed by atoms with van der Waals surface area (Å²) in [5, 5.41) is 3.38. The van der Waals surface area contributed by atoms with Gasteiger partial charge in [-0.15, -0.1) is 0 Å². The average Bonchev–Trinajstić information content (AvgIpc) is 2.80. The minimum absolute atomic E-state index is 0.129. The van der Waals surface area contributed by atoms with Gasteiger partial charge >= 0.3 is 5.97 Å². The van der Waals surface area contributed by atoms with E-state index in [-0.39, 0.29) is 12.0 Å². The zero-order valence-electron chi connectivity index (χ0n) is 13.0. The number of rotatable bonds is 6. The molecular formula is C18H27NO2. The van der Waals surface area contributed by atoms with Crippen molar-refractivity contribution in [2.45, 2.75) is 57.5 Å². The van der Waals surface area contributed by atoms with Crippen molar-refractivity contribution < 1.29 is 9.53 Å². The highest BCUT2D eigenvalue weighted by atomic mass is 16.5. The second kappa shape index (κ2) is 8.83. The van der Waals surface area contributed by atoms with Crippen LogP contribution in [0.1, 0.15) is 50.5 Å². The van der Waals surface area contributed by atoms with E-state index in [0.29, 0.717) is 12.5 Å². The summed E-state index contributed by atoms with van der Waals surface area (Å²) in [5.74, 6) is 0.523. The Morgan fingerprint density at radius 3 is 2.48 bits per heavy atom. The third kappa shape index (κ3) is 5.50. The zero-order valence-corrected chi connectivity index (χ0v) is 13.0. The highest BCUT2D eigenvalue weighted by Gasteiger charge is 2.24. The van der Waals surface area contributed by atoms with Crippen molar-refractivity contribution in [3.05, 3.63) is 35.9 Å². The average molecular weight is 289 g/mol. The Balaban J connectivity index is 1.89. The van der Waals surface area contributed by atoms with Gasteiger partial charge in [-0.25, -0.2) is 0 Å². The van der Waals surface area contributed by atoms with Crippen LogP contribution < -0.4 is 5.32 Å². The molecule has 1 aliphatic rings. The summed E-state index contributed by atoms with van der Waals surface area (Å²) < 4.78 is 4.97. The van der Waals surface area contributed by atoms with E-state index in [1.807, 2.05) is 18.2 Å². The summed E-state index contributed by atoms with van der Waals surface area (Å²) in [6, 6.07) is 10.0. The van der Waals surface area contributed by atoms with Crippen LogP contribution in [-0.2, 0) is 16.1 Å². The maximum Gasteiger partial charge on any atom is 0.322 e. The van der Waals surface area contributed by atoms with E-state index in [1.54, 1.807) is 0 Å². The van der Waals surface area contributed by atoms with E-state index in [0.717, 1.165) is 6.42 Å². The third-order valence-corrected chi connectivity index (χ3v) is 4.42. The monoisotopic (exact) mass is 289 g/mol. The first kappa shape index (κ1) is 16.0. The predicted octanol–water partition coefficient (Wildman–Crippen LogP) is 3.68. The molecule has 0 radical (unpaired) electrons. The van der Waals surface area contributed by atoms with Crippen molar-refractivity contribution in [1.29, 1.82) is 0 Å². The Hall–Kier alpha value is -1.35. The van der Waals surface area contributed by atoms with E-state index < -0.39 is 0 Å². The lowest BCUT2D eigenvalue weighted by Gasteiger charge is -2.22. The van der Waals surface area contributed by atoms with Gasteiger partial charge in [0.05, 0.1) is 7.11 Å². The Labute approximate surface area is 128 Å². The minimum atomic E-state index is -0.182. The lowest BCUT2D eigenvalue weighted by atomic mass is 9.92. The molecule has 1 fully saturated rings. The number of hydrogen-bond donors (Lipinski definition) is 1. The smallest absolute Gasteiger partial charge is 0.322 e. The summed E-state index contributed by atoms with van der Waals surface area (Å²) in [4.78, 5) is 12.0. The summed E-state index contributed by atoms with van der Waals surface area (Å²) >= 11 is 0. The molecule has 0 amide bonds. The minimum Gasteiger partial charge on any atom is -0.468 e. The first-order valence-corrected chi connectivity index (χ1v) is 8.14. The Morgan fingerprint density at radius 1 is 1.19 bits per heavy atom. The standard InChI is InChI=1S/C18H27NO2/c1-21-18(20)17(13-15-9-5-2-3-6-10-15)19-14-16-11-7-4-8-12-16/h4,7-8,11-12,15,17,19H,2-3,5-6,9-10,13-14H2,1H3. The number of benzene rings is 1. The van der Waals surface area contributed by atoms with Gasteiger partial charge in [-0.1, -0.05) is 68.9 Å². The molecule has 0 aromatic heterocycles. The normalized spacial score (nSPS) is 18.0. The predicted molar refractivity (Wildman–Crippen MR) is 84.9 cm³/mol. The van der Waals surface area contributed by atoms with Gasteiger partial charge < -0.3 is 10.1 Å². The number of esters is 1. The number of carbonyl (C=O) groups excluding carboxylic acids is 1. The zero-order chi connectivity index (χ0) is 14.9. The number of carbonyl (C=O) groups is 1. The second-order valence-corrected chi connectivity index (χ2v) is 6.04. The third-order valence-electron chi connectivity index (χ3n) is 4.42. The molecule has 2 rings (SSSR count). The topological polar surface area (TPSA) is 38.3 Å². The fraction of sp³-hybridized carbons (Fsp3) is 0.611. The van der Waals surface area contributed by atoms with Crippen LogP contribution in [0.15, 0.2) is 30.3 Å². The molecule has 0 heterocycles.